The molecule has 1 unspecified atom stereocenters. The highest BCUT2D eigenvalue weighted by atomic mass is 79.9. The molecule has 0 saturated heterocycles. The molecule has 0 bridgehead atoms. The van der Waals surface area contributed by atoms with Gasteiger partial charge in [-0.1, -0.05) is 22.0 Å². The molecule has 1 heterocycles. The zero-order valence-electron chi connectivity index (χ0n) is 9.68. The first kappa shape index (κ1) is 13.4. The minimum absolute atomic E-state index is 0.0985. The van der Waals surface area contributed by atoms with Crippen LogP contribution in [-0.2, 0) is 0 Å². The van der Waals surface area contributed by atoms with Gasteiger partial charge >= 0.3 is 0 Å². The van der Waals surface area contributed by atoms with Crippen LogP contribution in [0.1, 0.15) is 21.8 Å². The van der Waals surface area contributed by atoms with E-state index in [2.05, 4.69) is 20.9 Å². The van der Waals surface area contributed by atoms with Crippen molar-refractivity contribution in [3.63, 3.8) is 0 Å². The maximum absolute atomic E-state index is 13.7. The zero-order valence-corrected chi connectivity index (χ0v) is 11.3. The van der Waals surface area contributed by atoms with E-state index in [0.717, 1.165) is 0 Å². The van der Waals surface area contributed by atoms with E-state index in [-0.39, 0.29) is 5.56 Å². The van der Waals surface area contributed by atoms with E-state index in [1.165, 1.54) is 18.3 Å². The number of Topliss-reactive ketones (excluding diaryl/α,β-unsaturated/α-hetero) is 1. The van der Waals surface area contributed by atoms with Gasteiger partial charge in [-0.15, -0.1) is 0 Å². The first-order valence-corrected chi connectivity index (χ1v) is 6.21. The summed E-state index contributed by atoms with van der Waals surface area (Å²) in [6, 6.07) is 9.27. The van der Waals surface area contributed by atoms with Crippen LogP contribution in [0.2, 0.25) is 0 Å². The van der Waals surface area contributed by atoms with Gasteiger partial charge in [-0.05, 0) is 29.8 Å². The number of nitrogens with zero attached hydrogens (tertiary/aromatic N) is 2. The third-order valence-corrected chi connectivity index (χ3v) is 3.10. The van der Waals surface area contributed by atoms with Crippen LogP contribution in [0, 0.1) is 17.1 Å². The number of rotatable bonds is 3. The Labute approximate surface area is 117 Å². The highest BCUT2D eigenvalue weighted by molar-refractivity contribution is 9.10. The Morgan fingerprint density at radius 2 is 2.21 bits per heavy atom. The fourth-order valence-corrected chi connectivity index (χ4v) is 2.01. The van der Waals surface area contributed by atoms with Crippen molar-refractivity contribution >= 4 is 21.7 Å². The fraction of sp³-hybridized carbons (Fsp3) is 0.0714. The molecule has 0 amide bonds. The lowest BCUT2D eigenvalue weighted by atomic mass is 9.93. The number of benzene rings is 1. The molecule has 1 aromatic carbocycles. The Balaban J connectivity index is 2.40. The van der Waals surface area contributed by atoms with Gasteiger partial charge in [0.25, 0.3) is 0 Å². The molecule has 0 aliphatic carbocycles. The van der Waals surface area contributed by atoms with Gasteiger partial charge in [0.2, 0.25) is 0 Å². The van der Waals surface area contributed by atoms with Crippen molar-refractivity contribution < 1.29 is 9.18 Å². The molecule has 0 radical (unpaired) electrons. The van der Waals surface area contributed by atoms with Crippen LogP contribution in [-0.4, -0.2) is 10.8 Å². The minimum atomic E-state index is -1.05. The number of carbonyl (C=O) groups is 1. The molecular weight excluding hydrogens is 311 g/mol. The van der Waals surface area contributed by atoms with E-state index in [1.54, 1.807) is 24.4 Å². The molecule has 0 spiro atoms. The van der Waals surface area contributed by atoms with Crippen molar-refractivity contribution in [2.75, 3.05) is 0 Å². The Morgan fingerprint density at radius 1 is 1.42 bits per heavy atom. The molecule has 19 heavy (non-hydrogen) atoms. The smallest absolute Gasteiger partial charge is 0.187 e. The number of hydrogen-bond acceptors (Lipinski definition) is 3. The lowest BCUT2D eigenvalue weighted by Gasteiger charge is -2.09. The minimum Gasteiger partial charge on any atom is -0.292 e. The van der Waals surface area contributed by atoms with Crippen molar-refractivity contribution in [2.45, 2.75) is 5.92 Å². The molecule has 1 aromatic heterocycles. The summed E-state index contributed by atoms with van der Waals surface area (Å²) in [7, 11) is 0. The standard InChI is InChI=1S/C14H8BrFN2O/c15-10-3-4-11(13(16)6-10)14(19)12(7-17)9-2-1-5-18-8-9/h1-6,8,12H. The van der Waals surface area contributed by atoms with Gasteiger partial charge in [-0.3, -0.25) is 9.78 Å². The van der Waals surface area contributed by atoms with Gasteiger partial charge in [0.1, 0.15) is 11.7 Å². The Bertz CT molecular complexity index is 652. The van der Waals surface area contributed by atoms with Gasteiger partial charge in [0.15, 0.2) is 5.78 Å². The number of ketones is 1. The maximum atomic E-state index is 13.7. The highest BCUT2D eigenvalue weighted by Crippen LogP contribution is 2.23. The summed E-state index contributed by atoms with van der Waals surface area (Å²) >= 11 is 3.12. The second-order valence-corrected chi connectivity index (χ2v) is 4.75. The van der Waals surface area contributed by atoms with Gasteiger partial charge in [-0.2, -0.15) is 5.26 Å². The molecule has 0 fully saturated rings. The van der Waals surface area contributed by atoms with Crippen molar-refractivity contribution in [3.8, 4) is 6.07 Å². The van der Waals surface area contributed by atoms with Crippen LogP contribution in [0.15, 0.2) is 47.2 Å². The monoisotopic (exact) mass is 318 g/mol. The number of pyridine rings is 1. The molecule has 1 atom stereocenters. The SMILES string of the molecule is N#CC(C(=O)c1ccc(Br)cc1F)c1cccnc1. The van der Waals surface area contributed by atoms with Gasteiger partial charge in [0, 0.05) is 16.9 Å². The Kier molecular flexibility index (Phi) is 4.03. The van der Waals surface area contributed by atoms with Gasteiger partial charge < -0.3 is 0 Å². The zero-order chi connectivity index (χ0) is 13.8. The summed E-state index contributed by atoms with van der Waals surface area (Å²) in [6.45, 7) is 0. The number of nitriles is 1. The molecule has 94 valence electrons. The van der Waals surface area contributed by atoms with E-state index in [4.69, 9.17) is 5.26 Å². The quantitative estimate of drug-likeness (QED) is 0.814. The van der Waals surface area contributed by atoms with Crippen molar-refractivity contribution in [2.24, 2.45) is 0 Å². The summed E-state index contributed by atoms with van der Waals surface area (Å²) in [6.07, 6.45) is 2.98. The van der Waals surface area contributed by atoms with Crippen LogP contribution in [0.4, 0.5) is 4.39 Å². The van der Waals surface area contributed by atoms with Crippen LogP contribution in [0.3, 0.4) is 0 Å². The molecule has 0 N–H and O–H groups in total. The van der Waals surface area contributed by atoms with Crippen LogP contribution in [0.5, 0.6) is 0 Å². The summed E-state index contributed by atoms with van der Waals surface area (Å²) in [4.78, 5) is 16.1. The molecular formula is C14H8BrFN2O. The summed E-state index contributed by atoms with van der Waals surface area (Å²) in [5.74, 6) is -2.27. The van der Waals surface area contributed by atoms with Crippen molar-refractivity contribution in [1.82, 2.24) is 4.98 Å². The fourth-order valence-electron chi connectivity index (χ4n) is 1.68. The second-order valence-electron chi connectivity index (χ2n) is 3.84. The van der Waals surface area contributed by atoms with Crippen molar-refractivity contribution in [1.29, 1.82) is 5.26 Å². The van der Waals surface area contributed by atoms with Crippen LogP contribution >= 0.6 is 15.9 Å². The third-order valence-electron chi connectivity index (χ3n) is 2.61. The average molecular weight is 319 g/mol. The summed E-state index contributed by atoms with van der Waals surface area (Å²) in [5.41, 5.74) is 0.357. The average Bonchev–Trinajstić information content (AvgIpc) is 2.40. The molecule has 2 aromatic rings. The highest BCUT2D eigenvalue weighted by Gasteiger charge is 2.24. The summed E-state index contributed by atoms with van der Waals surface area (Å²) < 4.78 is 14.3. The van der Waals surface area contributed by atoms with Crippen molar-refractivity contribution in [3.05, 3.63) is 64.1 Å². The second kappa shape index (κ2) is 5.72. The molecule has 3 nitrogen and oxygen atoms in total. The van der Waals surface area contributed by atoms with E-state index in [0.29, 0.717) is 10.0 Å². The van der Waals surface area contributed by atoms with Gasteiger partial charge in [0.05, 0.1) is 11.6 Å². The van der Waals surface area contributed by atoms with E-state index >= 15 is 0 Å². The number of carbonyl (C=O) groups excluding carboxylic acids is 1. The van der Waals surface area contributed by atoms with E-state index in [9.17, 15) is 9.18 Å². The normalized spacial score (nSPS) is 11.6. The first-order valence-electron chi connectivity index (χ1n) is 5.42. The lowest BCUT2D eigenvalue weighted by molar-refractivity contribution is 0.0975. The molecule has 0 aliphatic rings. The third kappa shape index (κ3) is 2.85. The van der Waals surface area contributed by atoms with E-state index in [1.807, 2.05) is 6.07 Å². The number of halogens is 2. The Morgan fingerprint density at radius 3 is 2.79 bits per heavy atom. The Hall–Kier alpha value is -2.06. The first-order chi connectivity index (χ1) is 9.13. The van der Waals surface area contributed by atoms with Crippen LogP contribution in [0.25, 0.3) is 0 Å². The molecule has 0 aliphatic heterocycles. The maximum Gasteiger partial charge on any atom is 0.187 e. The van der Waals surface area contributed by atoms with Crippen LogP contribution < -0.4 is 0 Å². The molecule has 0 saturated carbocycles. The lowest BCUT2D eigenvalue weighted by Crippen LogP contribution is -2.13. The summed E-state index contributed by atoms with van der Waals surface area (Å²) in [5, 5.41) is 9.13. The molecule has 5 heteroatoms. The number of hydrogen-bond donors (Lipinski definition) is 0. The molecule has 2 rings (SSSR count). The number of aromatic nitrogens is 1. The largest absolute Gasteiger partial charge is 0.292 e. The topological polar surface area (TPSA) is 53.8 Å². The predicted molar refractivity (Wildman–Crippen MR) is 71.0 cm³/mol. The predicted octanol–water partition coefficient (Wildman–Crippen LogP) is 3.47. The van der Waals surface area contributed by atoms with E-state index < -0.39 is 17.5 Å². The van der Waals surface area contributed by atoms with Gasteiger partial charge in [-0.25, -0.2) is 4.39 Å².